The summed E-state index contributed by atoms with van der Waals surface area (Å²) in [6.45, 7) is 6.29. The third-order valence-electron chi connectivity index (χ3n) is 3.52. The van der Waals surface area contributed by atoms with Gasteiger partial charge in [-0.15, -0.1) is 0 Å². The van der Waals surface area contributed by atoms with E-state index in [0.29, 0.717) is 19.6 Å². The Morgan fingerprint density at radius 2 is 2.15 bits per heavy atom. The third kappa shape index (κ3) is 2.72. The smallest absolute Gasteiger partial charge is 0.371 e. The lowest BCUT2D eigenvalue weighted by Gasteiger charge is -2.38. The molecule has 1 aromatic heterocycles. The second-order valence-electron chi connectivity index (χ2n) is 4.76. The van der Waals surface area contributed by atoms with Crippen LogP contribution in [0, 0.1) is 0 Å². The van der Waals surface area contributed by atoms with Crippen molar-refractivity contribution in [3.05, 3.63) is 17.9 Å². The Balaban J connectivity index is 2.20. The summed E-state index contributed by atoms with van der Waals surface area (Å²) < 4.78 is 31.0. The van der Waals surface area contributed by atoms with Gasteiger partial charge in [0.25, 0.3) is 10.0 Å². The van der Waals surface area contributed by atoms with Crippen LogP contribution in [0.2, 0.25) is 0 Å². The summed E-state index contributed by atoms with van der Waals surface area (Å²) in [5, 5.41) is 8.46. The van der Waals surface area contributed by atoms with Crippen molar-refractivity contribution >= 4 is 16.0 Å². The number of piperazine rings is 1. The highest BCUT2D eigenvalue weighted by Crippen LogP contribution is 2.22. The van der Waals surface area contributed by atoms with Crippen LogP contribution in [-0.2, 0) is 10.0 Å². The maximum atomic E-state index is 12.4. The topological polar surface area (TPSA) is 91.1 Å². The molecule has 0 radical (unpaired) electrons. The molecule has 1 aromatic rings. The van der Waals surface area contributed by atoms with E-state index < -0.39 is 16.0 Å². The molecular formula is C12H18N2O5S. The summed E-state index contributed by atoms with van der Waals surface area (Å²) in [7, 11) is -3.76. The van der Waals surface area contributed by atoms with Crippen LogP contribution in [0.5, 0.6) is 0 Å². The number of hydrogen-bond donors (Lipinski definition) is 1. The van der Waals surface area contributed by atoms with Gasteiger partial charge in [0.15, 0.2) is 0 Å². The molecule has 1 saturated heterocycles. The molecule has 7 nitrogen and oxygen atoms in total. The highest BCUT2D eigenvalue weighted by Gasteiger charge is 2.33. The predicted octanol–water partition coefficient (Wildman–Crippen LogP) is 0.692. The summed E-state index contributed by atoms with van der Waals surface area (Å²) >= 11 is 0. The van der Waals surface area contributed by atoms with Crippen molar-refractivity contribution in [1.82, 2.24) is 9.21 Å². The molecule has 2 rings (SSSR count). The van der Waals surface area contributed by atoms with E-state index >= 15 is 0 Å². The molecule has 0 aromatic carbocycles. The van der Waals surface area contributed by atoms with E-state index in [4.69, 9.17) is 9.52 Å². The summed E-state index contributed by atoms with van der Waals surface area (Å²) in [5.74, 6) is -1.65. The quantitative estimate of drug-likeness (QED) is 0.880. The maximum absolute atomic E-state index is 12.4. The van der Waals surface area contributed by atoms with Crippen LogP contribution in [0.25, 0.3) is 0 Å². The minimum Gasteiger partial charge on any atom is -0.475 e. The van der Waals surface area contributed by atoms with Crippen LogP contribution in [-0.4, -0.2) is 60.9 Å². The number of carboxylic acid groups (broad SMARTS) is 1. The Morgan fingerprint density at radius 3 is 2.65 bits per heavy atom. The first-order valence-electron chi connectivity index (χ1n) is 6.43. The van der Waals surface area contributed by atoms with Gasteiger partial charge in [-0.2, -0.15) is 4.31 Å². The predicted molar refractivity (Wildman–Crippen MR) is 71.1 cm³/mol. The van der Waals surface area contributed by atoms with Gasteiger partial charge in [-0.05, 0) is 25.6 Å². The number of furan rings is 1. The van der Waals surface area contributed by atoms with E-state index in [1.54, 1.807) is 0 Å². The fourth-order valence-electron chi connectivity index (χ4n) is 2.35. The standard InChI is InChI=1S/C12H18N2O5S/c1-3-13-6-7-14(8-9(13)2)20(17,18)11-5-4-10(19-11)12(15)16/h4-5,9H,3,6-8H2,1-2H3,(H,15,16). The first-order chi connectivity index (χ1) is 9.36. The van der Waals surface area contributed by atoms with Crippen LogP contribution in [0.1, 0.15) is 24.4 Å². The number of rotatable bonds is 4. The maximum Gasteiger partial charge on any atom is 0.371 e. The van der Waals surface area contributed by atoms with Crippen molar-refractivity contribution in [2.24, 2.45) is 0 Å². The zero-order chi connectivity index (χ0) is 14.9. The van der Waals surface area contributed by atoms with E-state index in [0.717, 1.165) is 12.6 Å². The zero-order valence-corrected chi connectivity index (χ0v) is 12.3. The van der Waals surface area contributed by atoms with Crippen molar-refractivity contribution in [3.63, 3.8) is 0 Å². The number of hydrogen-bond acceptors (Lipinski definition) is 5. The highest BCUT2D eigenvalue weighted by atomic mass is 32.2. The first-order valence-corrected chi connectivity index (χ1v) is 7.87. The van der Waals surface area contributed by atoms with Crippen molar-refractivity contribution in [3.8, 4) is 0 Å². The van der Waals surface area contributed by atoms with Gasteiger partial charge in [-0.25, -0.2) is 13.2 Å². The Bertz CT molecular complexity index is 595. The second-order valence-corrected chi connectivity index (χ2v) is 6.63. The Hall–Kier alpha value is -1.38. The van der Waals surface area contributed by atoms with Crippen LogP contribution in [0.4, 0.5) is 0 Å². The van der Waals surface area contributed by atoms with Crippen molar-refractivity contribution in [2.75, 3.05) is 26.2 Å². The minimum absolute atomic E-state index is 0.123. The molecule has 0 bridgehead atoms. The van der Waals surface area contributed by atoms with E-state index in [1.807, 2.05) is 13.8 Å². The van der Waals surface area contributed by atoms with Gasteiger partial charge in [-0.3, -0.25) is 4.90 Å². The van der Waals surface area contributed by atoms with Gasteiger partial charge in [0.1, 0.15) is 0 Å². The van der Waals surface area contributed by atoms with Gasteiger partial charge in [0.2, 0.25) is 10.9 Å². The Morgan fingerprint density at radius 1 is 1.45 bits per heavy atom. The third-order valence-corrected chi connectivity index (χ3v) is 5.26. The SMILES string of the molecule is CCN1CCN(S(=O)(=O)c2ccc(C(=O)O)o2)CC1C. The molecular weight excluding hydrogens is 284 g/mol. The molecule has 20 heavy (non-hydrogen) atoms. The molecule has 0 saturated carbocycles. The monoisotopic (exact) mass is 302 g/mol. The van der Waals surface area contributed by atoms with Crippen LogP contribution in [0.3, 0.4) is 0 Å². The van der Waals surface area contributed by atoms with Gasteiger partial charge < -0.3 is 9.52 Å². The number of aromatic carboxylic acids is 1. The number of carbonyl (C=O) groups is 1. The molecule has 112 valence electrons. The molecule has 2 heterocycles. The molecule has 0 spiro atoms. The zero-order valence-electron chi connectivity index (χ0n) is 11.4. The van der Waals surface area contributed by atoms with Crippen LogP contribution in [0.15, 0.2) is 21.6 Å². The molecule has 0 aliphatic carbocycles. The highest BCUT2D eigenvalue weighted by molar-refractivity contribution is 7.89. The summed E-state index contributed by atoms with van der Waals surface area (Å²) in [6.07, 6.45) is 0. The van der Waals surface area contributed by atoms with E-state index in [2.05, 4.69) is 4.90 Å². The Kier molecular flexibility index (Phi) is 4.17. The Labute approximate surface area is 117 Å². The number of likely N-dealkylation sites (N-methyl/N-ethyl adjacent to an activating group) is 1. The number of nitrogens with zero attached hydrogens (tertiary/aromatic N) is 2. The lowest BCUT2D eigenvalue weighted by Crippen LogP contribution is -2.53. The summed E-state index contributed by atoms with van der Waals surface area (Å²) in [5.41, 5.74) is 0. The molecule has 1 atom stereocenters. The fourth-order valence-corrected chi connectivity index (χ4v) is 3.77. The van der Waals surface area contributed by atoms with E-state index in [1.165, 1.54) is 10.4 Å². The van der Waals surface area contributed by atoms with Crippen LogP contribution < -0.4 is 0 Å². The first kappa shape index (κ1) is 15.0. The summed E-state index contributed by atoms with van der Waals surface area (Å²) in [6, 6.07) is 2.47. The van der Waals surface area contributed by atoms with Gasteiger partial charge >= 0.3 is 5.97 Å². The molecule has 1 aliphatic heterocycles. The minimum atomic E-state index is -3.76. The van der Waals surface area contributed by atoms with Crippen molar-refractivity contribution in [1.29, 1.82) is 0 Å². The largest absolute Gasteiger partial charge is 0.475 e. The number of carboxylic acids is 1. The lowest BCUT2D eigenvalue weighted by atomic mass is 10.2. The normalized spacial score (nSPS) is 22.0. The van der Waals surface area contributed by atoms with Crippen molar-refractivity contribution in [2.45, 2.75) is 25.0 Å². The average Bonchev–Trinajstić information content (AvgIpc) is 2.89. The second kappa shape index (κ2) is 5.55. The summed E-state index contributed by atoms with van der Waals surface area (Å²) in [4.78, 5) is 12.9. The fraction of sp³-hybridized carbons (Fsp3) is 0.583. The van der Waals surface area contributed by atoms with Gasteiger partial charge in [0, 0.05) is 25.7 Å². The molecule has 1 fully saturated rings. The molecule has 1 N–H and O–H groups in total. The molecule has 0 amide bonds. The van der Waals surface area contributed by atoms with E-state index in [9.17, 15) is 13.2 Å². The molecule has 8 heteroatoms. The molecule has 1 unspecified atom stereocenters. The number of sulfonamides is 1. The average molecular weight is 302 g/mol. The van der Waals surface area contributed by atoms with Crippen LogP contribution >= 0.6 is 0 Å². The van der Waals surface area contributed by atoms with Gasteiger partial charge in [0.05, 0.1) is 0 Å². The van der Waals surface area contributed by atoms with Crippen molar-refractivity contribution < 1.29 is 22.7 Å². The lowest BCUT2D eigenvalue weighted by molar-refractivity contribution is 0.0655. The van der Waals surface area contributed by atoms with Gasteiger partial charge in [-0.1, -0.05) is 6.92 Å². The van der Waals surface area contributed by atoms with E-state index in [-0.39, 0.29) is 16.9 Å². The molecule has 1 aliphatic rings.